The van der Waals surface area contributed by atoms with E-state index in [0.29, 0.717) is 5.69 Å². The molecule has 38 heavy (non-hydrogen) atoms. The van der Waals surface area contributed by atoms with Crippen LogP contribution in [0.4, 0.5) is 10.1 Å². The second-order valence-electron chi connectivity index (χ2n) is 9.09. The second-order valence-corrected chi connectivity index (χ2v) is 11.0. The highest BCUT2D eigenvalue weighted by Crippen LogP contribution is 2.24. The van der Waals surface area contributed by atoms with Gasteiger partial charge < -0.3 is 4.57 Å². The third kappa shape index (κ3) is 5.84. The van der Waals surface area contributed by atoms with Gasteiger partial charge in [0.2, 0.25) is 0 Å². The fraction of sp³-hybridized carbons (Fsp3) is 0.172. The number of carbonyl (C=O) groups is 1. The van der Waals surface area contributed by atoms with Crippen LogP contribution in [0.3, 0.4) is 0 Å². The zero-order chi connectivity index (χ0) is 27.4. The number of benzene rings is 3. The fourth-order valence-electron chi connectivity index (χ4n) is 4.11. The van der Waals surface area contributed by atoms with Crippen molar-refractivity contribution in [2.45, 2.75) is 32.6 Å². The monoisotopic (exact) mass is 532 g/mol. The van der Waals surface area contributed by atoms with Crippen molar-refractivity contribution < 1.29 is 17.6 Å². The van der Waals surface area contributed by atoms with Crippen molar-refractivity contribution in [1.82, 2.24) is 9.99 Å². The molecule has 1 N–H and O–H groups in total. The van der Waals surface area contributed by atoms with Crippen molar-refractivity contribution in [2.75, 3.05) is 10.8 Å². The molecule has 4 aromatic rings. The van der Waals surface area contributed by atoms with Gasteiger partial charge in [0.25, 0.3) is 15.9 Å². The number of hydrogen-bond donors (Lipinski definition) is 1. The smallest absolute Gasteiger partial charge is 0.264 e. The summed E-state index contributed by atoms with van der Waals surface area (Å²) in [5.41, 5.74) is 8.05. The number of nitrogens with one attached hydrogen (secondary N) is 1. The summed E-state index contributed by atoms with van der Waals surface area (Å²) < 4.78 is 43.3. The van der Waals surface area contributed by atoms with Crippen LogP contribution < -0.4 is 9.73 Å². The molecule has 1 amide bonds. The molecule has 4 rings (SSSR count). The molecule has 0 unspecified atom stereocenters. The van der Waals surface area contributed by atoms with Gasteiger partial charge in [-0.25, -0.2) is 18.2 Å². The predicted octanol–water partition coefficient (Wildman–Crippen LogP) is 5.20. The van der Waals surface area contributed by atoms with Crippen LogP contribution in [0.5, 0.6) is 0 Å². The number of hydrogen-bond acceptors (Lipinski definition) is 4. The third-order valence-electron chi connectivity index (χ3n) is 6.17. The number of rotatable bonds is 8. The van der Waals surface area contributed by atoms with Crippen LogP contribution in [0, 0.1) is 33.5 Å². The molecule has 0 radical (unpaired) electrons. The first kappa shape index (κ1) is 26.8. The van der Waals surface area contributed by atoms with Crippen molar-refractivity contribution in [3.8, 4) is 5.69 Å². The summed E-state index contributed by atoms with van der Waals surface area (Å²) in [6.45, 7) is 7.13. The molecule has 9 heteroatoms. The molecule has 0 aliphatic carbocycles. The fourth-order valence-corrected chi connectivity index (χ4v) is 5.53. The molecule has 7 nitrogen and oxygen atoms in total. The Labute approximate surface area is 222 Å². The molecule has 0 bridgehead atoms. The molecule has 0 aliphatic rings. The number of amides is 1. The summed E-state index contributed by atoms with van der Waals surface area (Å²) in [4.78, 5) is 12.9. The average Bonchev–Trinajstić information content (AvgIpc) is 3.16. The van der Waals surface area contributed by atoms with Gasteiger partial charge in [-0.3, -0.25) is 9.10 Å². The first-order valence-corrected chi connectivity index (χ1v) is 13.4. The molecule has 0 saturated heterocycles. The van der Waals surface area contributed by atoms with E-state index in [4.69, 9.17) is 0 Å². The molecule has 0 spiro atoms. The van der Waals surface area contributed by atoms with Gasteiger partial charge in [-0.1, -0.05) is 35.4 Å². The van der Waals surface area contributed by atoms with E-state index in [1.807, 2.05) is 38.3 Å². The van der Waals surface area contributed by atoms with Gasteiger partial charge in [0.15, 0.2) is 0 Å². The molecule has 1 aromatic heterocycles. The lowest BCUT2D eigenvalue weighted by Crippen LogP contribution is -2.39. The van der Waals surface area contributed by atoms with Gasteiger partial charge in [-0.05, 0) is 82.3 Å². The number of hydrazone groups is 1. The first-order chi connectivity index (χ1) is 18.1. The largest absolute Gasteiger partial charge is 0.318 e. The Morgan fingerprint density at radius 2 is 1.50 bits per heavy atom. The lowest BCUT2D eigenvalue weighted by atomic mass is 10.2. The van der Waals surface area contributed by atoms with Gasteiger partial charge in [-0.2, -0.15) is 5.10 Å². The zero-order valence-corrected chi connectivity index (χ0v) is 22.5. The minimum Gasteiger partial charge on any atom is -0.318 e. The minimum absolute atomic E-state index is 0.0909. The van der Waals surface area contributed by atoms with Crippen LogP contribution in [-0.2, 0) is 14.8 Å². The summed E-state index contributed by atoms with van der Waals surface area (Å²) in [6.07, 6.45) is 1.50. The molecule has 0 saturated carbocycles. The summed E-state index contributed by atoms with van der Waals surface area (Å²) in [5.74, 6) is -0.908. The number of nitrogens with zero attached hydrogens (tertiary/aromatic N) is 3. The van der Waals surface area contributed by atoms with E-state index in [1.54, 1.807) is 48.5 Å². The summed E-state index contributed by atoms with van der Waals surface area (Å²) >= 11 is 0. The Balaban J connectivity index is 1.54. The van der Waals surface area contributed by atoms with E-state index in [9.17, 15) is 17.6 Å². The quantitative estimate of drug-likeness (QED) is 0.250. The van der Waals surface area contributed by atoms with Crippen LogP contribution in [0.15, 0.2) is 88.9 Å². The van der Waals surface area contributed by atoms with E-state index >= 15 is 0 Å². The summed E-state index contributed by atoms with van der Waals surface area (Å²) in [6, 6.07) is 21.5. The number of sulfonamides is 1. The highest BCUT2D eigenvalue weighted by atomic mass is 32.2. The molecule has 196 valence electrons. The van der Waals surface area contributed by atoms with Crippen LogP contribution in [0.25, 0.3) is 5.69 Å². The van der Waals surface area contributed by atoms with Gasteiger partial charge in [0.1, 0.15) is 12.4 Å². The van der Waals surface area contributed by atoms with Crippen LogP contribution in [0.2, 0.25) is 0 Å². The van der Waals surface area contributed by atoms with Crippen LogP contribution in [0.1, 0.15) is 28.1 Å². The van der Waals surface area contributed by atoms with Gasteiger partial charge >= 0.3 is 0 Å². The van der Waals surface area contributed by atoms with Crippen LogP contribution >= 0.6 is 0 Å². The highest BCUT2D eigenvalue weighted by molar-refractivity contribution is 7.92. The maximum atomic E-state index is 13.5. The minimum atomic E-state index is -4.01. The molecular formula is C29H29FN4O3S. The SMILES string of the molecule is Cc1ccc(N(CC(=O)N/N=C\c2cc(C)n(-c3ccc(F)cc3)c2C)S(=O)(=O)c2ccc(C)cc2)cc1. The first-order valence-electron chi connectivity index (χ1n) is 12.0. The molecule has 0 fully saturated rings. The number of aryl methyl sites for hydroxylation is 3. The average molecular weight is 533 g/mol. The van der Waals surface area contributed by atoms with E-state index < -0.39 is 22.5 Å². The van der Waals surface area contributed by atoms with Crippen molar-refractivity contribution in [1.29, 1.82) is 0 Å². The third-order valence-corrected chi connectivity index (χ3v) is 7.95. The Morgan fingerprint density at radius 3 is 2.11 bits per heavy atom. The number of carbonyl (C=O) groups excluding carboxylic acids is 1. The van der Waals surface area contributed by atoms with E-state index in [0.717, 1.165) is 38.1 Å². The Bertz CT molecular complexity index is 1570. The normalized spacial score (nSPS) is 11.6. The molecule has 1 heterocycles. The van der Waals surface area contributed by atoms with E-state index in [2.05, 4.69) is 10.5 Å². The van der Waals surface area contributed by atoms with Crippen molar-refractivity contribution >= 4 is 27.8 Å². The molecule has 0 atom stereocenters. The summed E-state index contributed by atoms with van der Waals surface area (Å²) in [5, 5.41) is 4.07. The Morgan fingerprint density at radius 1 is 0.921 bits per heavy atom. The summed E-state index contributed by atoms with van der Waals surface area (Å²) in [7, 11) is -4.01. The van der Waals surface area contributed by atoms with Gasteiger partial charge in [-0.15, -0.1) is 0 Å². The van der Waals surface area contributed by atoms with E-state index in [-0.39, 0.29) is 10.7 Å². The molecule has 0 aliphatic heterocycles. The maximum absolute atomic E-state index is 13.5. The highest BCUT2D eigenvalue weighted by Gasteiger charge is 2.27. The number of halogens is 1. The molecule has 3 aromatic carbocycles. The standard InChI is InChI=1S/C29H29FN4O3S/c1-20-5-11-26(12-6-20)33(38(36,37)28-15-7-21(2)8-16-28)19-29(35)32-31-18-24-17-22(3)34(23(24)4)27-13-9-25(30)10-14-27/h5-18H,19H2,1-4H3,(H,32,35)/b31-18-. The number of aromatic nitrogens is 1. The Hall–Kier alpha value is -4.24. The Kier molecular flexibility index (Phi) is 7.78. The van der Waals surface area contributed by atoms with Crippen molar-refractivity contribution in [2.24, 2.45) is 5.10 Å². The molecular weight excluding hydrogens is 503 g/mol. The van der Waals surface area contributed by atoms with Crippen molar-refractivity contribution in [3.63, 3.8) is 0 Å². The lowest BCUT2D eigenvalue weighted by molar-refractivity contribution is -0.119. The van der Waals surface area contributed by atoms with Gasteiger partial charge in [0.05, 0.1) is 16.8 Å². The van der Waals surface area contributed by atoms with E-state index in [1.165, 1.54) is 30.5 Å². The second kappa shape index (κ2) is 11.0. The number of anilines is 1. The lowest BCUT2D eigenvalue weighted by Gasteiger charge is -2.24. The van der Waals surface area contributed by atoms with Crippen molar-refractivity contribution in [3.05, 3.63) is 113 Å². The van der Waals surface area contributed by atoms with Crippen LogP contribution in [-0.4, -0.2) is 31.7 Å². The maximum Gasteiger partial charge on any atom is 0.264 e. The predicted molar refractivity (Wildman–Crippen MR) is 148 cm³/mol. The van der Waals surface area contributed by atoms with Gasteiger partial charge in [0, 0.05) is 22.6 Å². The zero-order valence-electron chi connectivity index (χ0n) is 21.6. The topological polar surface area (TPSA) is 83.8 Å².